The number of H-pyrrole nitrogens is 1. The van der Waals surface area contributed by atoms with Gasteiger partial charge in [-0.2, -0.15) is 0 Å². The molecule has 1 aromatic rings. The lowest BCUT2D eigenvalue weighted by molar-refractivity contribution is 0.620. The molecule has 3 N–H and O–H groups in total. The first-order valence-corrected chi connectivity index (χ1v) is 4.76. The van der Waals surface area contributed by atoms with Crippen molar-refractivity contribution in [2.45, 2.75) is 25.4 Å². The normalized spacial score (nSPS) is 26.9. The van der Waals surface area contributed by atoms with Crippen LogP contribution in [0.5, 0.6) is 0 Å². The van der Waals surface area contributed by atoms with Crippen molar-refractivity contribution in [1.29, 1.82) is 0 Å². The first kappa shape index (κ1) is 9.21. The van der Waals surface area contributed by atoms with Gasteiger partial charge in [0.15, 0.2) is 5.82 Å². The van der Waals surface area contributed by atoms with Crippen LogP contribution in [0.4, 0.5) is 5.82 Å². The lowest BCUT2D eigenvalue weighted by atomic mass is 10.2. The van der Waals surface area contributed by atoms with Crippen LogP contribution in [-0.4, -0.2) is 28.6 Å². The van der Waals surface area contributed by atoms with Crippen molar-refractivity contribution in [3.63, 3.8) is 0 Å². The van der Waals surface area contributed by atoms with Crippen molar-refractivity contribution in [3.8, 4) is 0 Å². The van der Waals surface area contributed by atoms with Crippen molar-refractivity contribution >= 4 is 5.82 Å². The molecule has 0 radical (unpaired) electrons. The molecule has 1 aliphatic rings. The number of rotatable bonds is 1. The Bertz CT molecular complexity index is 375. The topological polar surface area (TPSA) is 75.0 Å². The molecular formula is C9H14N4O. The smallest absolute Gasteiger partial charge is 0.290 e. The molecule has 2 unspecified atom stereocenters. The van der Waals surface area contributed by atoms with E-state index < -0.39 is 0 Å². The Kier molecular flexibility index (Phi) is 2.25. The monoisotopic (exact) mass is 194 g/mol. The van der Waals surface area contributed by atoms with Crippen LogP contribution in [0.3, 0.4) is 0 Å². The van der Waals surface area contributed by atoms with Gasteiger partial charge in [0, 0.05) is 31.0 Å². The third kappa shape index (κ3) is 1.39. The van der Waals surface area contributed by atoms with Gasteiger partial charge in [-0.1, -0.05) is 0 Å². The third-order valence-corrected chi connectivity index (χ3v) is 2.78. The molecule has 2 heterocycles. The second kappa shape index (κ2) is 3.42. The lowest BCUT2D eigenvalue weighted by Gasteiger charge is -2.22. The fraction of sp³-hybridized carbons (Fsp3) is 0.556. The van der Waals surface area contributed by atoms with Crippen LogP contribution < -0.4 is 16.2 Å². The van der Waals surface area contributed by atoms with E-state index in [1.54, 1.807) is 6.20 Å². The van der Waals surface area contributed by atoms with Crippen molar-refractivity contribution < 1.29 is 0 Å². The highest BCUT2D eigenvalue weighted by molar-refractivity contribution is 5.39. The van der Waals surface area contributed by atoms with E-state index >= 15 is 0 Å². The molecule has 0 bridgehead atoms. The highest BCUT2D eigenvalue weighted by atomic mass is 16.1. The van der Waals surface area contributed by atoms with Gasteiger partial charge in [0.2, 0.25) is 0 Å². The average Bonchev–Trinajstić information content (AvgIpc) is 2.49. The molecule has 5 heteroatoms. The summed E-state index contributed by atoms with van der Waals surface area (Å²) < 4.78 is 0. The first-order valence-electron chi connectivity index (χ1n) is 4.76. The van der Waals surface area contributed by atoms with Crippen LogP contribution in [0, 0.1) is 0 Å². The summed E-state index contributed by atoms with van der Waals surface area (Å²) in [4.78, 5) is 20.1. The minimum atomic E-state index is -0.145. The number of hydrogen-bond donors (Lipinski definition) is 2. The molecule has 0 aromatic carbocycles. The van der Waals surface area contributed by atoms with Crippen molar-refractivity contribution in [2.75, 3.05) is 11.4 Å². The quantitative estimate of drug-likeness (QED) is 0.643. The maximum Gasteiger partial charge on any atom is 0.290 e. The van der Waals surface area contributed by atoms with Gasteiger partial charge in [0.25, 0.3) is 5.56 Å². The van der Waals surface area contributed by atoms with Gasteiger partial charge in [-0.25, -0.2) is 4.98 Å². The van der Waals surface area contributed by atoms with Crippen molar-refractivity contribution in [2.24, 2.45) is 5.73 Å². The second-order valence-electron chi connectivity index (χ2n) is 3.63. The van der Waals surface area contributed by atoms with Gasteiger partial charge in [-0.15, -0.1) is 0 Å². The SMILES string of the molecule is CC1C(N)CCN1c1ncc[nH]c1=O. The highest BCUT2D eigenvalue weighted by Crippen LogP contribution is 2.19. The summed E-state index contributed by atoms with van der Waals surface area (Å²) in [6, 6.07) is 0.322. The minimum Gasteiger partial charge on any atom is -0.348 e. The summed E-state index contributed by atoms with van der Waals surface area (Å²) in [5, 5.41) is 0. The molecule has 0 spiro atoms. The Morgan fingerprint density at radius 2 is 2.50 bits per heavy atom. The molecule has 76 valence electrons. The molecular weight excluding hydrogens is 180 g/mol. The number of anilines is 1. The van der Waals surface area contributed by atoms with E-state index in [9.17, 15) is 4.79 Å². The van der Waals surface area contributed by atoms with E-state index in [0.717, 1.165) is 13.0 Å². The summed E-state index contributed by atoms with van der Waals surface area (Å²) in [7, 11) is 0. The van der Waals surface area contributed by atoms with Crippen LogP contribution >= 0.6 is 0 Å². The van der Waals surface area contributed by atoms with Gasteiger partial charge in [0.1, 0.15) is 0 Å². The maximum atomic E-state index is 11.5. The van der Waals surface area contributed by atoms with E-state index in [2.05, 4.69) is 9.97 Å². The predicted molar refractivity (Wildman–Crippen MR) is 54.3 cm³/mol. The summed E-state index contributed by atoms with van der Waals surface area (Å²) >= 11 is 0. The molecule has 0 aliphatic carbocycles. The molecule has 1 aromatic heterocycles. The second-order valence-corrected chi connectivity index (χ2v) is 3.63. The molecule has 1 aliphatic heterocycles. The molecule has 1 fully saturated rings. The van der Waals surface area contributed by atoms with Gasteiger partial charge in [-0.3, -0.25) is 4.79 Å². The first-order chi connectivity index (χ1) is 6.70. The zero-order chi connectivity index (χ0) is 10.1. The van der Waals surface area contributed by atoms with Crippen LogP contribution in [0.2, 0.25) is 0 Å². The standard InChI is InChI=1S/C9H14N4O/c1-6-7(10)2-5-13(6)8-9(14)12-4-3-11-8/h3-4,6-7H,2,5,10H2,1H3,(H,12,14). The van der Waals surface area contributed by atoms with Crippen LogP contribution in [0.15, 0.2) is 17.2 Å². The van der Waals surface area contributed by atoms with Gasteiger partial charge in [-0.05, 0) is 13.3 Å². The Morgan fingerprint density at radius 1 is 1.71 bits per heavy atom. The summed E-state index contributed by atoms with van der Waals surface area (Å²) in [6.45, 7) is 2.83. The highest BCUT2D eigenvalue weighted by Gasteiger charge is 2.29. The van der Waals surface area contributed by atoms with Crippen molar-refractivity contribution in [1.82, 2.24) is 9.97 Å². The third-order valence-electron chi connectivity index (χ3n) is 2.78. The Balaban J connectivity index is 2.33. The number of nitrogens with two attached hydrogens (primary N) is 1. The van der Waals surface area contributed by atoms with Crippen LogP contribution in [0.1, 0.15) is 13.3 Å². The largest absolute Gasteiger partial charge is 0.348 e. The van der Waals surface area contributed by atoms with Gasteiger partial charge in [0.05, 0.1) is 0 Å². The van der Waals surface area contributed by atoms with Crippen LogP contribution in [0.25, 0.3) is 0 Å². The Labute approximate surface area is 82.0 Å². The Morgan fingerprint density at radius 3 is 3.07 bits per heavy atom. The number of aromatic nitrogens is 2. The molecule has 0 saturated carbocycles. The minimum absolute atomic E-state index is 0.136. The van der Waals surface area contributed by atoms with Gasteiger partial charge < -0.3 is 15.6 Å². The molecule has 14 heavy (non-hydrogen) atoms. The van der Waals surface area contributed by atoms with E-state index in [4.69, 9.17) is 5.73 Å². The van der Waals surface area contributed by atoms with E-state index in [-0.39, 0.29) is 17.6 Å². The van der Waals surface area contributed by atoms with E-state index in [1.165, 1.54) is 6.20 Å². The van der Waals surface area contributed by atoms with Crippen LogP contribution in [-0.2, 0) is 0 Å². The van der Waals surface area contributed by atoms with Gasteiger partial charge >= 0.3 is 0 Å². The molecule has 2 atom stereocenters. The summed E-state index contributed by atoms with van der Waals surface area (Å²) in [5.74, 6) is 0.480. The number of aromatic amines is 1. The lowest BCUT2D eigenvalue weighted by Crippen LogP contribution is -2.39. The number of hydrogen-bond acceptors (Lipinski definition) is 4. The fourth-order valence-electron chi connectivity index (χ4n) is 1.81. The molecule has 1 saturated heterocycles. The molecule has 0 amide bonds. The number of nitrogens with zero attached hydrogens (tertiary/aromatic N) is 2. The van der Waals surface area contributed by atoms with E-state index in [0.29, 0.717) is 5.82 Å². The fourth-order valence-corrected chi connectivity index (χ4v) is 1.81. The predicted octanol–water partition coefficient (Wildman–Crippen LogP) is -0.304. The number of nitrogens with one attached hydrogen (secondary N) is 1. The maximum absolute atomic E-state index is 11.5. The van der Waals surface area contributed by atoms with E-state index in [1.807, 2.05) is 11.8 Å². The van der Waals surface area contributed by atoms with Crippen molar-refractivity contribution in [3.05, 3.63) is 22.7 Å². The zero-order valence-electron chi connectivity index (χ0n) is 8.10. The Hall–Kier alpha value is -1.36. The summed E-state index contributed by atoms with van der Waals surface area (Å²) in [6.07, 6.45) is 4.04. The molecule has 2 rings (SSSR count). The molecule has 5 nitrogen and oxygen atoms in total. The summed E-state index contributed by atoms with van der Waals surface area (Å²) in [5.41, 5.74) is 5.73. The average molecular weight is 194 g/mol. The zero-order valence-corrected chi connectivity index (χ0v) is 8.10.